The minimum Gasteiger partial charge on any atom is -0.506 e. The Bertz CT molecular complexity index is 1030. The monoisotopic (exact) mass is 442 g/mol. The number of rotatable bonds is 6. The Kier molecular flexibility index (Phi) is 6.46. The zero-order chi connectivity index (χ0) is 22.0. The predicted octanol–water partition coefficient (Wildman–Crippen LogP) is 5.38. The molecule has 0 amide bonds. The number of carbonyl (C=O) groups excluding carboxylic acids is 1. The second-order valence-corrected chi connectivity index (χ2v) is 8.79. The molecule has 2 aliphatic rings. The Balaban J connectivity index is 1.53. The number of oxime groups is 1. The van der Waals surface area contributed by atoms with E-state index in [0.717, 1.165) is 40.9 Å². The van der Waals surface area contributed by atoms with E-state index < -0.39 is 0 Å². The van der Waals surface area contributed by atoms with Crippen LogP contribution in [0.4, 0.5) is 0 Å². The lowest BCUT2D eigenvalue weighted by Gasteiger charge is -2.22. The summed E-state index contributed by atoms with van der Waals surface area (Å²) in [6.45, 7) is 4.10. The van der Waals surface area contributed by atoms with E-state index in [1.54, 1.807) is 6.07 Å². The number of ether oxygens (including phenoxy) is 1. The van der Waals surface area contributed by atoms with Crippen molar-refractivity contribution in [2.75, 3.05) is 6.61 Å². The van der Waals surface area contributed by atoms with Crippen LogP contribution in [0.15, 0.2) is 23.4 Å². The summed E-state index contributed by atoms with van der Waals surface area (Å²) < 4.78 is 5.85. The average molecular weight is 443 g/mol. The second kappa shape index (κ2) is 9.27. The summed E-state index contributed by atoms with van der Waals surface area (Å²) in [5.74, 6) is 0.913. The molecule has 1 aromatic carbocycles. The van der Waals surface area contributed by atoms with Gasteiger partial charge in [0, 0.05) is 23.6 Å². The molecule has 31 heavy (non-hydrogen) atoms. The number of benzene rings is 1. The van der Waals surface area contributed by atoms with Crippen molar-refractivity contribution in [2.45, 2.75) is 64.7 Å². The standard InChI is InChI=1S/C24H27ClN2O4/c1-14-10-21(30-13-18-12-22(29)31-27-18)15(2)23(25)19(14)11-17-8-9-20(28)24(26-17)16-6-4-3-5-7-16/h8-10,16,28H,3-7,11-13H2,1-2H3. The molecule has 1 saturated carbocycles. The Morgan fingerprint density at radius 3 is 2.71 bits per heavy atom. The normalized spacial score (nSPS) is 16.9. The first-order valence-electron chi connectivity index (χ1n) is 10.8. The van der Waals surface area contributed by atoms with Gasteiger partial charge in [-0.2, -0.15) is 0 Å². The molecule has 6 nitrogen and oxygen atoms in total. The van der Waals surface area contributed by atoms with Gasteiger partial charge in [-0.1, -0.05) is 36.0 Å². The third-order valence-corrected chi connectivity index (χ3v) is 6.63. The molecule has 0 spiro atoms. The Morgan fingerprint density at radius 2 is 2.00 bits per heavy atom. The molecule has 2 aromatic rings. The number of nitrogens with zero attached hydrogens (tertiary/aromatic N) is 2. The highest BCUT2D eigenvalue weighted by atomic mass is 35.5. The Morgan fingerprint density at radius 1 is 1.23 bits per heavy atom. The Hall–Kier alpha value is -2.60. The molecule has 0 atom stereocenters. The van der Waals surface area contributed by atoms with Gasteiger partial charge < -0.3 is 14.7 Å². The molecule has 164 valence electrons. The first kappa shape index (κ1) is 21.6. The summed E-state index contributed by atoms with van der Waals surface area (Å²) >= 11 is 6.73. The number of aromatic hydroxyl groups is 1. The number of carbonyl (C=O) groups is 1. The maximum Gasteiger partial charge on any atom is 0.340 e. The highest BCUT2D eigenvalue weighted by molar-refractivity contribution is 6.32. The van der Waals surface area contributed by atoms with Crippen LogP contribution in [0.25, 0.3) is 0 Å². The molecule has 0 unspecified atom stereocenters. The minimum atomic E-state index is -0.367. The molecule has 1 aromatic heterocycles. The van der Waals surface area contributed by atoms with Crippen LogP contribution in [0.3, 0.4) is 0 Å². The summed E-state index contributed by atoms with van der Waals surface area (Å²) in [4.78, 5) is 20.6. The zero-order valence-electron chi connectivity index (χ0n) is 17.9. The molecular weight excluding hydrogens is 416 g/mol. The fourth-order valence-electron chi connectivity index (χ4n) is 4.32. The quantitative estimate of drug-likeness (QED) is 0.607. The van der Waals surface area contributed by atoms with E-state index in [-0.39, 0.29) is 24.7 Å². The lowest BCUT2D eigenvalue weighted by atomic mass is 9.86. The van der Waals surface area contributed by atoms with Gasteiger partial charge in [0.15, 0.2) is 0 Å². The maximum absolute atomic E-state index is 11.2. The van der Waals surface area contributed by atoms with Gasteiger partial charge in [-0.3, -0.25) is 4.98 Å². The van der Waals surface area contributed by atoms with E-state index in [9.17, 15) is 9.90 Å². The number of pyridine rings is 1. The fraction of sp³-hybridized carbons (Fsp3) is 0.458. The van der Waals surface area contributed by atoms with Crippen molar-refractivity contribution in [3.63, 3.8) is 0 Å². The summed E-state index contributed by atoms with van der Waals surface area (Å²) in [6.07, 6.45) is 6.53. The van der Waals surface area contributed by atoms with E-state index in [2.05, 4.69) is 9.99 Å². The van der Waals surface area contributed by atoms with Gasteiger partial charge in [-0.15, -0.1) is 0 Å². The third kappa shape index (κ3) is 4.85. The van der Waals surface area contributed by atoms with Crippen LogP contribution in [0.5, 0.6) is 11.5 Å². The highest BCUT2D eigenvalue weighted by Crippen LogP contribution is 2.37. The molecule has 1 aliphatic carbocycles. The summed E-state index contributed by atoms with van der Waals surface area (Å²) in [5, 5.41) is 14.7. The molecule has 2 heterocycles. The van der Waals surface area contributed by atoms with Gasteiger partial charge >= 0.3 is 5.97 Å². The first-order valence-corrected chi connectivity index (χ1v) is 11.2. The van der Waals surface area contributed by atoms with Gasteiger partial charge in [0.2, 0.25) is 0 Å². The largest absolute Gasteiger partial charge is 0.506 e. The second-order valence-electron chi connectivity index (χ2n) is 8.41. The zero-order valence-corrected chi connectivity index (χ0v) is 18.7. The first-order chi connectivity index (χ1) is 14.9. The molecule has 0 bridgehead atoms. The number of halogens is 1. The molecule has 0 radical (unpaired) electrons. The van der Waals surface area contributed by atoms with E-state index in [0.29, 0.717) is 28.8 Å². The maximum atomic E-state index is 11.2. The molecule has 0 saturated heterocycles. The average Bonchev–Trinajstić information content (AvgIpc) is 3.19. The van der Waals surface area contributed by atoms with E-state index >= 15 is 0 Å². The molecular formula is C24H27ClN2O4. The number of aromatic nitrogens is 1. The van der Waals surface area contributed by atoms with Gasteiger partial charge in [0.25, 0.3) is 0 Å². The number of hydrogen-bond donors (Lipinski definition) is 1. The number of hydrogen-bond acceptors (Lipinski definition) is 6. The van der Waals surface area contributed by atoms with Crippen molar-refractivity contribution in [2.24, 2.45) is 5.16 Å². The topological polar surface area (TPSA) is 81.0 Å². The molecule has 1 aliphatic heterocycles. The summed E-state index contributed by atoms with van der Waals surface area (Å²) in [7, 11) is 0. The van der Waals surface area contributed by atoms with E-state index in [4.69, 9.17) is 21.3 Å². The summed E-state index contributed by atoms with van der Waals surface area (Å²) in [6, 6.07) is 5.58. The van der Waals surface area contributed by atoms with Crippen molar-refractivity contribution in [3.05, 3.63) is 51.3 Å². The van der Waals surface area contributed by atoms with Crippen LogP contribution in [-0.4, -0.2) is 28.4 Å². The van der Waals surface area contributed by atoms with Crippen LogP contribution in [0.1, 0.15) is 72.5 Å². The third-order valence-electron chi connectivity index (χ3n) is 6.12. The van der Waals surface area contributed by atoms with Gasteiger partial charge in [0.1, 0.15) is 23.8 Å². The van der Waals surface area contributed by atoms with Crippen LogP contribution < -0.4 is 4.74 Å². The van der Waals surface area contributed by atoms with Crippen LogP contribution in [0, 0.1) is 13.8 Å². The number of aryl methyl sites for hydroxylation is 1. The highest BCUT2D eigenvalue weighted by Gasteiger charge is 2.22. The van der Waals surface area contributed by atoms with Crippen LogP contribution >= 0.6 is 11.6 Å². The van der Waals surface area contributed by atoms with Gasteiger partial charge in [0.05, 0.1) is 17.1 Å². The molecule has 7 heteroatoms. The van der Waals surface area contributed by atoms with Crippen molar-refractivity contribution >= 4 is 23.3 Å². The molecule has 4 rings (SSSR count). The van der Waals surface area contributed by atoms with E-state index in [1.807, 2.05) is 26.0 Å². The lowest BCUT2D eigenvalue weighted by molar-refractivity contribution is -0.140. The molecule has 1 N–H and O–H groups in total. The SMILES string of the molecule is Cc1cc(OCC2=NOC(=O)C2)c(C)c(Cl)c1Cc1ccc(O)c(C2CCCCC2)n1. The lowest BCUT2D eigenvalue weighted by Crippen LogP contribution is -2.12. The Labute approximate surface area is 187 Å². The van der Waals surface area contributed by atoms with Crippen molar-refractivity contribution in [1.82, 2.24) is 4.98 Å². The van der Waals surface area contributed by atoms with Gasteiger partial charge in [-0.25, -0.2) is 4.79 Å². The smallest absolute Gasteiger partial charge is 0.340 e. The summed E-state index contributed by atoms with van der Waals surface area (Å²) in [5.41, 5.74) is 5.10. The van der Waals surface area contributed by atoms with Crippen molar-refractivity contribution in [1.29, 1.82) is 0 Å². The molecule has 1 fully saturated rings. The van der Waals surface area contributed by atoms with Crippen LogP contribution in [0.2, 0.25) is 5.02 Å². The predicted molar refractivity (Wildman–Crippen MR) is 119 cm³/mol. The van der Waals surface area contributed by atoms with Crippen molar-refractivity contribution < 1.29 is 19.5 Å². The fourth-order valence-corrected chi connectivity index (χ4v) is 4.63. The minimum absolute atomic E-state index is 0.152. The van der Waals surface area contributed by atoms with E-state index in [1.165, 1.54) is 19.3 Å². The van der Waals surface area contributed by atoms with Crippen LogP contribution in [-0.2, 0) is 16.1 Å². The van der Waals surface area contributed by atoms with Crippen molar-refractivity contribution in [3.8, 4) is 11.5 Å². The van der Waals surface area contributed by atoms with Gasteiger partial charge in [-0.05, 0) is 56.0 Å².